The number of fused-ring (bicyclic) bond motifs is 1. The van der Waals surface area contributed by atoms with Gasteiger partial charge in [-0.25, -0.2) is 9.97 Å². The molecule has 0 atom stereocenters. The number of anilines is 3. The number of carbonyl (C=O) groups is 1. The van der Waals surface area contributed by atoms with Crippen molar-refractivity contribution < 1.29 is 9.18 Å². The predicted molar refractivity (Wildman–Crippen MR) is 120 cm³/mol. The van der Waals surface area contributed by atoms with Crippen LogP contribution in [-0.4, -0.2) is 35.5 Å². The Balaban J connectivity index is 1.33. The molecule has 0 radical (unpaired) electrons. The number of pyridine rings is 1. The molecular formula is C23H21FN8O. The number of amides is 1. The highest BCUT2D eigenvalue weighted by molar-refractivity contribution is 6.09. The molecule has 1 amide bonds. The first-order valence-electron chi connectivity index (χ1n) is 11.0. The number of hydrogen-bond donors (Lipinski definition) is 3. The Hall–Kier alpha value is -4.08. The lowest BCUT2D eigenvalue weighted by Crippen LogP contribution is -2.15. The molecule has 6 rings (SSSR count). The van der Waals surface area contributed by atoms with E-state index in [0.29, 0.717) is 47.6 Å². The van der Waals surface area contributed by atoms with E-state index < -0.39 is 5.95 Å². The van der Waals surface area contributed by atoms with Crippen molar-refractivity contribution in [2.24, 2.45) is 0 Å². The fourth-order valence-corrected chi connectivity index (χ4v) is 4.17. The van der Waals surface area contributed by atoms with Gasteiger partial charge in [-0.05, 0) is 56.4 Å². The van der Waals surface area contributed by atoms with Crippen LogP contribution < -0.4 is 10.6 Å². The van der Waals surface area contributed by atoms with Crippen LogP contribution in [-0.2, 0) is 4.79 Å². The summed E-state index contributed by atoms with van der Waals surface area (Å²) >= 11 is 0. The molecule has 2 aliphatic carbocycles. The number of carbonyl (C=O) groups excluding carboxylic acids is 1. The zero-order chi connectivity index (χ0) is 22.4. The van der Waals surface area contributed by atoms with E-state index in [1.54, 1.807) is 0 Å². The predicted octanol–water partition coefficient (Wildman–Crippen LogP) is 4.18. The first-order valence-corrected chi connectivity index (χ1v) is 11.0. The van der Waals surface area contributed by atoms with E-state index in [0.717, 1.165) is 23.3 Å². The van der Waals surface area contributed by atoms with Crippen LogP contribution in [0.1, 0.15) is 49.5 Å². The Labute approximate surface area is 188 Å². The van der Waals surface area contributed by atoms with Gasteiger partial charge < -0.3 is 10.6 Å². The molecule has 0 saturated heterocycles. The minimum absolute atomic E-state index is 0.245. The van der Waals surface area contributed by atoms with Crippen molar-refractivity contribution in [3.8, 4) is 0 Å². The summed E-state index contributed by atoms with van der Waals surface area (Å²) < 4.78 is 14.9. The summed E-state index contributed by atoms with van der Waals surface area (Å²) in [6.45, 7) is 0. The lowest BCUT2D eigenvalue weighted by molar-refractivity contribution is -0.112. The summed E-state index contributed by atoms with van der Waals surface area (Å²) in [5, 5.41) is 13.6. The third kappa shape index (κ3) is 3.84. The molecule has 0 bridgehead atoms. The molecule has 166 valence electrons. The Morgan fingerprint density at radius 1 is 1.18 bits per heavy atom. The van der Waals surface area contributed by atoms with Crippen molar-refractivity contribution in [1.82, 2.24) is 29.5 Å². The van der Waals surface area contributed by atoms with Gasteiger partial charge in [0.05, 0.1) is 11.9 Å². The van der Waals surface area contributed by atoms with Gasteiger partial charge in [0.1, 0.15) is 5.65 Å². The smallest absolute Gasteiger partial charge is 0.252 e. The molecule has 9 nitrogen and oxygen atoms in total. The van der Waals surface area contributed by atoms with Gasteiger partial charge in [-0.3, -0.25) is 14.3 Å². The minimum atomic E-state index is -0.594. The molecule has 0 aliphatic heterocycles. The van der Waals surface area contributed by atoms with Crippen LogP contribution in [0.4, 0.5) is 21.8 Å². The monoisotopic (exact) mass is 444 g/mol. The van der Waals surface area contributed by atoms with E-state index in [-0.39, 0.29) is 5.91 Å². The Kier molecular flexibility index (Phi) is 4.63. The number of allylic oxidation sites excluding steroid dienone is 1. The molecule has 0 aromatic carbocycles. The number of hydrogen-bond acceptors (Lipinski definition) is 6. The first-order chi connectivity index (χ1) is 16.1. The number of nitrogens with zero attached hydrogens (tertiary/aromatic N) is 5. The lowest BCUT2D eigenvalue weighted by atomic mass is 10.1. The normalized spacial score (nSPS) is 15.9. The van der Waals surface area contributed by atoms with Gasteiger partial charge in [-0.1, -0.05) is 0 Å². The highest BCUT2D eigenvalue weighted by Gasteiger charge is 2.27. The van der Waals surface area contributed by atoms with Gasteiger partial charge in [0.15, 0.2) is 11.6 Å². The third-order valence-corrected chi connectivity index (χ3v) is 5.99. The number of aromatic nitrogens is 6. The topological polar surface area (TPSA) is 113 Å². The summed E-state index contributed by atoms with van der Waals surface area (Å²) in [7, 11) is 0. The van der Waals surface area contributed by atoms with Crippen LogP contribution in [0.2, 0.25) is 0 Å². The standard InChI is InChI=1S/C23H21FN8O/c24-18-9-8-14(12-25-18)26-22(33)16-4-1-3-15(16)21-28-20-5-2-10-32(20)23(29-21)27-19-11-17(30-31-19)13-6-7-13/h2,5,8-13H,1,3-4,6-7H2,(H,26,33)(H2,27,28,29,30,31). The Bertz CT molecular complexity index is 1380. The molecule has 3 N–H and O–H groups in total. The van der Waals surface area contributed by atoms with Crippen LogP contribution in [0, 0.1) is 5.95 Å². The highest BCUT2D eigenvalue weighted by Crippen LogP contribution is 2.40. The van der Waals surface area contributed by atoms with E-state index >= 15 is 0 Å². The molecule has 1 saturated carbocycles. The van der Waals surface area contributed by atoms with E-state index in [9.17, 15) is 9.18 Å². The number of H-pyrrole nitrogens is 1. The molecule has 0 unspecified atom stereocenters. The van der Waals surface area contributed by atoms with Crippen LogP contribution in [0.15, 0.2) is 48.3 Å². The fraction of sp³-hybridized carbons (Fsp3) is 0.261. The molecule has 0 spiro atoms. The Morgan fingerprint density at radius 3 is 2.91 bits per heavy atom. The van der Waals surface area contributed by atoms with Crippen molar-refractivity contribution in [3.05, 3.63) is 65.8 Å². The zero-order valence-corrected chi connectivity index (χ0v) is 17.7. The van der Waals surface area contributed by atoms with Crippen molar-refractivity contribution in [3.63, 3.8) is 0 Å². The second-order valence-electron chi connectivity index (χ2n) is 8.35. The quantitative estimate of drug-likeness (QED) is 0.385. The largest absolute Gasteiger partial charge is 0.321 e. The van der Waals surface area contributed by atoms with E-state index in [1.807, 2.05) is 28.8 Å². The first kappa shape index (κ1) is 19.6. The maximum absolute atomic E-state index is 13.1. The van der Waals surface area contributed by atoms with E-state index in [2.05, 4.69) is 25.8 Å². The maximum atomic E-state index is 13.1. The summed E-state index contributed by atoms with van der Waals surface area (Å²) in [6, 6.07) is 8.51. The van der Waals surface area contributed by atoms with Crippen molar-refractivity contribution >= 4 is 34.6 Å². The number of nitrogens with one attached hydrogen (secondary N) is 3. The number of aromatic amines is 1. The molecule has 10 heteroatoms. The SMILES string of the molecule is O=C(Nc1ccc(F)nc1)C1=C(c2nc(Nc3cc(C4CC4)[nH]n3)n3cccc3n2)CCC1. The number of rotatable bonds is 6. The van der Waals surface area contributed by atoms with Crippen LogP contribution >= 0.6 is 0 Å². The maximum Gasteiger partial charge on any atom is 0.252 e. The third-order valence-electron chi connectivity index (χ3n) is 5.99. The summed E-state index contributed by atoms with van der Waals surface area (Å²) in [6.07, 6.45) is 7.72. The van der Waals surface area contributed by atoms with Gasteiger partial charge >= 0.3 is 0 Å². The summed E-state index contributed by atoms with van der Waals surface area (Å²) in [5.74, 6) is 1.52. The molecule has 2 aliphatic rings. The highest BCUT2D eigenvalue weighted by atomic mass is 19.1. The van der Waals surface area contributed by atoms with Crippen LogP contribution in [0.5, 0.6) is 0 Å². The summed E-state index contributed by atoms with van der Waals surface area (Å²) in [4.78, 5) is 26.0. The molecule has 4 aromatic rings. The lowest BCUT2D eigenvalue weighted by Gasteiger charge is -2.11. The average Bonchev–Trinajstić information content (AvgIpc) is 3.20. The van der Waals surface area contributed by atoms with Crippen molar-refractivity contribution in [2.45, 2.75) is 38.0 Å². The van der Waals surface area contributed by atoms with Crippen molar-refractivity contribution in [1.29, 1.82) is 0 Å². The molecule has 33 heavy (non-hydrogen) atoms. The average molecular weight is 444 g/mol. The van der Waals surface area contributed by atoms with Gasteiger partial charge in [0.25, 0.3) is 5.91 Å². The molecule has 1 fully saturated rings. The van der Waals surface area contributed by atoms with E-state index in [4.69, 9.17) is 9.97 Å². The Morgan fingerprint density at radius 2 is 2.09 bits per heavy atom. The van der Waals surface area contributed by atoms with Gasteiger partial charge in [-0.2, -0.15) is 14.5 Å². The van der Waals surface area contributed by atoms with Gasteiger partial charge in [0, 0.05) is 35.0 Å². The number of halogens is 1. The van der Waals surface area contributed by atoms with Crippen molar-refractivity contribution in [2.75, 3.05) is 10.6 Å². The molecule has 4 heterocycles. The van der Waals surface area contributed by atoms with Gasteiger partial charge in [0.2, 0.25) is 11.9 Å². The van der Waals surface area contributed by atoms with E-state index in [1.165, 1.54) is 31.2 Å². The summed E-state index contributed by atoms with van der Waals surface area (Å²) in [5.41, 5.74) is 3.74. The molecular weight excluding hydrogens is 423 g/mol. The second-order valence-corrected chi connectivity index (χ2v) is 8.35. The minimum Gasteiger partial charge on any atom is -0.321 e. The second kappa shape index (κ2) is 7.80. The zero-order valence-electron chi connectivity index (χ0n) is 17.7. The van der Waals surface area contributed by atoms with Crippen LogP contribution in [0.25, 0.3) is 11.2 Å². The fourth-order valence-electron chi connectivity index (χ4n) is 4.17. The van der Waals surface area contributed by atoms with Crippen LogP contribution in [0.3, 0.4) is 0 Å². The molecule has 4 aromatic heterocycles. The van der Waals surface area contributed by atoms with Gasteiger partial charge in [-0.15, -0.1) is 0 Å².